The Labute approximate surface area is 69.3 Å². The smallest absolute Gasteiger partial charge is 0.384 e. The van der Waals surface area contributed by atoms with Gasteiger partial charge in [-0.2, -0.15) is 13.2 Å². The van der Waals surface area contributed by atoms with E-state index in [0.29, 0.717) is 0 Å². The van der Waals surface area contributed by atoms with Crippen molar-refractivity contribution >= 4 is 0 Å². The molecule has 0 aromatic heterocycles. The topological polar surface area (TPSA) is 29.5 Å². The quantitative estimate of drug-likeness (QED) is 0.727. The minimum absolute atomic E-state index is 0.451. The minimum Gasteiger partial charge on any atom is -0.384 e. The van der Waals surface area contributed by atoms with Crippen LogP contribution in [0.25, 0.3) is 0 Å². The number of rotatable bonds is 3. The summed E-state index contributed by atoms with van der Waals surface area (Å²) >= 11 is 0. The fourth-order valence-corrected chi connectivity index (χ4v) is 0.665. The summed E-state index contributed by atoms with van der Waals surface area (Å²) in [5.74, 6) is 0. The van der Waals surface area contributed by atoms with Crippen molar-refractivity contribution in [2.75, 3.05) is 7.11 Å². The van der Waals surface area contributed by atoms with E-state index < -0.39 is 24.3 Å². The summed E-state index contributed by atoms with van der Waals surface area (Å²) in [5.41, 5.74) is -0.949. The summed E-state index contributed by atoms with van der Waals surface area (Å²) < 4.78 is 40.2. The number of methoxy groups -OCH3 is 1. The maximum Gasteiger partial charge on any atom is 0.414 e. The summed E-state index contributed by atoms with van der Waals surface area (Å²) in [6, 6.07) is 0. The molecule has 0 aliphatic carbocycles. The number of aliphatic hydroxyl groups excluding tert-OH is 1. The molecule has 0 radical (unpaired) electrons. The second-order valence-corrected chi connectivity index (χ2v) is 3.23. The summed E-state index contributed by atoms with van der Waals surface area (Å²) in [5, 5.41) is 8.65. The highest BCUT2D eigenvalue weighted by atomic mass is 19.4. The van der Waals surface area contributed by atoms with E-state index in [4.69, 9.17) is 9.84 Å². The highest BCUT2D eigenvalue weighted by Gasteiger charge is 2.41. The molecule has 0 heterocycles. The van der Waals surface area contributed by atoms with Gasteiger partial charge in [-0.25, -0.2) is 0 Å². The van der Waals surface area contributed by atoms with Gasteiger partial charge in [-0.05, 0) is 13.8 Å². The Balaban J connectivity index is 4.09. The van der Waals surface area contributed by atoms with Gasteiger partial charge in [-0.1, -0.05) is 0 Å². The first-order valence-corrected chi connectivity index (χ1v) is 3.49. The summed E-state index contributed by atoms with van der Waals surface area (Å²) in [6.07, 6.45) is -7.32. The monoisotopic (exact) mass is 186 g/mol. The molecule has 1 N–H and O–H groups in total. The van der Waals surface area contributed by atoms with Crippen LogP contribution in [0, 0.1) is 0 Å². The van der Waals surface area contributed by atoms with Crippen molar-refractivity contribution in [2.24, 2.45) is 0 Å². The molecule has 12 heavy (non-hydrogen) atoms. The molecule has 5 heteroatoms. The Kier molecular flexibility index (Phi) is 3.53. The number of ether oxygens (including phenoxy) is 1. The van der Waals surface area contributed by atoms with Crippen LogP contribution in [-0.2, 0) is 4.74 Å². The van der Waals surface area contributed by atoms with Gasteiger partial charge >= 0.3 is 6.18 Å². The highest BCUT2D eigenvalue weighted by Crippen LogP contribution is 2.27. The van der Waals surface area contributed by atoms with Crippen molar-refractivity contribution in [1.82, 2.24) is 0 Å². The van der Waals surface area contributed by atoms with E-state index in [1.54, 1.807) is 0 Å². The highest BCUT2D eigenvalue weighted by molar-refractivity contribution is 4.77. The maximum absolute atomic E-state index is 11.8. The van der Waals surface area contributed by atoms with Crippen LogP contribution < -0.4 is 0 Å². The van der Waals surface area contributed by atoms with Gasteiger partial charge < -0.3 is 9.84 Å². The largest absolute Gasteiger partial charge is 0.414 e. The third-order valence-corrected chi connectivity index (χ3v) is 1.62. The summed E-state index contributed by atoms with van der Waals surface area (Å²) in [7, 11) is 1.31. The fraction of sp³-hybridized carbons (Fsp3) is 1.00. The SMILES string of the molecule is COC(C)(C)C[C@H](O)C(F)(F)F. The van der Waals surface area contributed by atoms with Gasteiger partial charge in [0.05, 0.1) is 5.60 Å². The van der Waals surface area contributed by atoms with Crippen LogP contribution in [0.3, 0.4) is 0 Å². The average molecular weight is 186 g/mol. The lowest BCUT2D eigenvalue weighted by molar-refractivity contribution is -0.217. The van der Waals surface area contributed by atoms with Crippen LogP contribution in [0.4, 0.5) is 13.2 Å². The van der Waals surface area contributed by atoms with Gasteiger partial charge in [-0.3, -0.25) is 0 Å². The van der Waals surface area contributed by atoms with Gasteiger partial charge in [0.2, 0.25) is 0 Å². The Morgan fingerprint density at radius 2 is 1.75 bits per heavy atom. The standard InChI is InChI=1S/C7H13F3O2/c1-6(2,12-3)4-5(11)7(8,9)10/h5,11H,4H2,1-3H3/t5-/m0/s1. The second kappa shape index (κ2) is 3.62. The zero-order valence-corrected chi connectivity index (χ0v) is 7.27. The van der Waals surface area contributed by atoms with Gasteiger partial charge in [0.1, 0.15) is 0 Å². The Morgan fingerprint density at radius 1 is 1.33 bits per heavy atom. The predicted molar refractivity (Wildman–Crippen MR) is 37.8 cm³/mol. The molecule has 0 fully saturated rings. The molecule has 0 aliphatic heterocycles. The first-order chi connectivity index (χ1) is 5.19. The molecule has 0 rings (SSSR count). The lowest BCUT2D eigenvalue weighted by Crippen LogP contribution is -2.37. The molecule has 0 saturated heterocycles. The molecule has 0 unspecified atom stereocenters. The Bertz CT molecular complexity index is 142. The number of hydrogen-bond donors (Lipinski definition) is 1. The molecule has 0 bridgehead atoms. The van der Waals surface area contributed by atoms with Crippen molar-refractivity contribution in [3.63, 3.8) is 0 Å². The van der Waals surface area contributed by atoms with Crippen molar-refractivity contribution in [3.05, 3.63) is 0 Å². The summed E-state index contributed by atoms with van der Waals surface area (Å²) in [4.78, 5) is 0. The van der Waals surface area contributed by atoms with Gasteiger partial charge in [0.15, 0.2) is 6.10 Å². The lowest BCUT2D eigenvalue weighted by atomic mass is 10.0. The van der Waals surface area contributed by atoms with E-state index in [9.17, 15) is 13.2 Å². The van der Waals surface area contributed by atoms with Crippen LogP contribution in [-0.4, -0.2) is 30.1 Å². The Hall–Kier alpha value is -0.290. The van der Waals surface area contributed by atoms with E-state index in [0.717, 1.165) is 0 Å². The van der Waals surface area contributed by atoms with Crippen LogP contribution in [0.15, 0.2) is 0 Å². The number of aliphatic hydroxyl groups is 1. The van der Waals surface area contributed by atoms with Gasteiger partial charge in [0, 0.05) is 13.5 Å². The predicted octanol–water partition coefficient (Wildman–Crippen LogP) is 1.72. The third-order valence-electron chi connectivity index (χ3n) is 1.62. The molecule has 0 aromatic carbocycles. The van der Waals surface area contributed by atoms with Crippen molar-refractivity contribution in [3.8, 4) is 0 Å². The third kappa shape index (κ3) is 3.92. The van der Waals surface area contributed by atoms with Gasteiger partial charge in [-0.15, -0.1) is 0 Å². The molecule has 74 valence electrons. The molecule has 0 aromatic rings. The first kappa shape index (κ1) is 11.7. The zero-order chi connectivity index (χ0) is 9.99. The average Bonchev–Trinajstić information content (AvgIpc) is 1.85. The molecule has 0 spiro atoms. The fourth-order valence-electron chi connectivity index (χ4n) is 0.665. The molecule has 1 atom stereocenters. The second-order valence-electron chi connectivity index (χ2n) is 3.23. The lowest BCUT2D eigenvalue weighted by Gasteiger charge is -2.26. The zero-order valence-electron chi connectivity index (χ0n) is 7.27. The van der Waals surface area contributed by atoms with E-state index in [1.807, 2.05) is 0 Å². The van der Waals surface area contributed by atoms with E-state index in [1.165, 1.54) is 21.0 Å². The number of halogens is 3. The van der Waals surface area contributed by atoms with Crippen LogP contribution >= 0.6 is 0 Å². The number of hydrogen-bond acceptors (Lipinski definition) is 2. The summed E-state index contributed by atoms with van der Waals surface area (Å²) in [6.45, 7) is 2.98. The molecule has 2 nitrogen and oxygen atoms in total. The molecule has 0 saturated carbocycles. The normalized spacial score (nSPS) is 16.2. The first-order valence-electron chi connectivity index (χ1n) is 3.49. The number of alkyl halides is 3. The van der Waals surface area contributed by atoms with E-state index in [2.05, 4.69) is 0 Å². The maximum atomic E-state index is 11.8. The van der Waals surface area contributed by atoms with E-state index >= 15 is 0 Å². The van der Waals surface area contributed by atoms with Crippen LogP contribution in [0.5, 0.6) is 0 Å². The molecular formula is C7H13F3O2. The Morgan fingerprint density at radius 3 is 2.00 bits per heavy atom. The van der Waals surface area contributed by atoms with Crippen molar-refractivity contribution in [1.29, 1.82) is 0 Å². The molecule has 0 aliphatic rings. The van der Waals surface area contributed by atoms with E-state index in [-0.39, 0.29) is 0 Å². The van der Waals surface area contributed by atoms with Crippen molar-refractivity contribution < 1.29 is 23.0 Å². The van der Waals surface area contributed by atoms with Crippen LogP contribution in [0.2, 0.25) is 0 Å². The minimum atomic E-state index is -4.56. The van der Waals surface area contributed by atoms with Gasteiger partial charge in [0.25, 0.3) is 0 Å². The van der Waals surface area contributed by atoms with Crippen molar-refractivity contribution in [2.45, 2.75) is 38.1 Å². The molecule has 0 amide bonds. The molecular weight excluding hydrogens is 173 g/mol. The van der Waals surface area contributed by atoms with Crippen LogP contribution in [0.1, 0.15) is 20.3 Å².